The summed E-state index contributed by atoms with van der Waals surface area (Å²) in [6, 6.07) is 3.27. The predicted molar refractivity (Wildman–Crippen MR) is 100 cm³/mol. The zero-order valence-corrected chi connectivity index (χ0v) is 15.3. The molecule has 3 N–H and O–H groups in total. The molecule has 0 spiro atoms. The number of aromatic nitrogens is 1. The van der Waals surface area contributed by atoms with Gasteiger partial charge in [-0.2, -0.15) is 0 Å². The van der Waals surface area contributed by atoms with Crippen LogP contribution in [-0.4, -0.2) is 34.6 Å². The summed E-state index contributed by atoms with van der Waals surface area (Å²) < 4.78 is 0. The van der Waals surface area contributed by atoms with Gasteiger partial charge >= 0.3 is 5.97 Å². The van der Waals surface area contributed by atoms with Gasteiger partial charge in [0.25, 0.3) is 0 Å². The Hall–Kier alpha value is -2.11. The quantitative estimate of drug-likeness (QED) is 0.696. The second-order valence-corrected chi connectivity index (χ2v) is 7.54. The van der Waals surface area contributed by atoms with E-state index < -0.39 is 12.0 Å². The van der Waals surface area contributed by atoms with Crippen LogP contribution >= 0.6 is 0 Å². The fraction of sp³-hybridized carbons (Fsp3) is 0.650. The van der Waals surface area contributed by atoms with Crippen molar-refractivity contribution in [2.75, 3.05) is 11.9 Å². The minimum absolute atomic E-state index is 0.208. The molecule has 1 aromatic rings. The number of aryl methyl sites for hydroxylation is 2. The number of carboxylic acid groups (broad SMARTS) is 1. The topological polar surface area (TPSA) is 91.3 Å². The number of nitrogens with one attached hydrogen (secondary N) is 2. The molecule has 1 atom stereocenters. The fourth-order valence-electron chi connectivity index (χ4n) is 3.99. The van der Waals surface area contributed by atoms with E-state index in [0.29, 0.717) is 18.8 Å². The third-order valence-corrected chi connectivity index (χ3v) is 5.49. The van der Waals surface area contributed by atoms with Crippen molar-refractivity contribution >= 4 is 17.7 Å². The lowest BCUT2D eigenvalue weighted by atomic mass is 9.85. The van der Waals surface area contributed by atoms with Crippen LogP contribution in [0.3, 0.4) is 0 Å². The van der Waals surface area contributed by atoms with Crippen LogP contribution in [0.4, 0.5) is 5.82 Å². The zero-order chi connectivity index (χ0) is 18.4. The fourth-order valence-corrected chi connectivity index (χ4v) is 3.99. The van der Waals surface area contributed by atoms with Crippen LogP contribution in [-0.2, 0) is 22.4 Å². The number of carbonyl (C=O) groups excluding carboxylic acids is 1. The molecule has 0 bridgehead atoms. The first-order valence-corrected chi connectivity index (χ1v) is 9.86. The van der Waals surface area contributed by atoms with Crippen molar-refractivity contribution in [3.05, 3.63) is 23.4 Å². The van der Waals surface area contributed by atoms with E-state index in [0.717, 1.165) is 43.7 Å². The number of aliphatic carboxylic acids is 1. The van der Waals surface area contributed by atoms with E-state index >= 15 is 0 Å². The first-order valence-electron chi connectivity index (χ1n) is 9.86. The lowest BCUT2D eigenvalue weighted by molar-refractivity contribution is -0.142. The van der Waals surface area contributed by atoms with Crippen LogP contribution in [0.25, 0.3) is 0 Å². The van der Waals surface area contributed by atoms with Crippen LogP contribution in [0.15, 0.2) is 12.1 Å². The molecule has 2 aliphatic rings. The first kappa shape index (κ1) is 18.7. The molecule has 6 heteroatoms. The highest BCUT2D eigenvalue weighted by Gasteiger charge is 2.25. The van der Waals surface area contributed by atoms with E-state index in [4.69, 9.17) is 0 Å². The SMILES string of the molecule is O=C(CCc1ccc2c(n1)NCCC2)N[C@@H](CC1CCCCC1)C(=O)O. The van der Waals surface area contributed by atoms with Gasteiger partial charge in [-0.25, -0.2) is 9.78 Å². The van der Waals surface area contributed by atoms with Crippen LogP contribution in [0, 0.1) is 5.92 Å². The molecule has 3 rings (SSSR count). The second-order valence-electron chi connectivity index (χ2n) is 7.54. The molecule has 1 fully saturated rings. The Bertz CT molecular complexity index is 641. The molecule has 1 amide bonds. The van der Waals surface area contributed by atoms with Gasteiger partial charge in [0.05, 0.1) is 0 Å². The van der Waals surface area contributed by atoms with E-state index in [-0.39, 0.29) is 12.3 Å². The van der Waals surface area contributed by atoms with Crippen molar-refractivity contribution in [1.82, 2.24) is 10.3 Å². The van der Waals surface area contributed by atoms with Crippen LogP contribution in [0.2, 0.25) is 0 Å². The highest BCUT2D eigenvalue weighted by Crippen LogP contribution is 2.27. The van der Waals surface area contributed by atoms with Crippen molar-refractivity contribution in [3.8, 4) is 0 Å². The van der Waals surface area contributed by atoms with Gasteiger partial charge in [0.1, 0.15) is 11.9 Å². The van der Waals surface area contributed by atoms with Crippen molar-refractivity contribution in [2.24, 2.45) is 5.92 Å². The maximum absolute atomic E-state index is 12.2. The first-order chi connectivity index (χ1) is 12.6. The Morgan fingerprint density at radius 1 is 1.23 bits per heavy atom. The van der Waals surface area contributed by atoms with E-state index in [9.17, 15) is 14.7 Å². The van der Waals surface area contributed by atoms with Crippen molar-refractivity contribution in [2.45, 2.75) is 70.3 Å². The average Bonchev–Trinajstić information content (AvgIpc) is 2.66. The van der Waals surface area contributed by atoms with Crippen LogP contribution in [0.5, 0.6) is 0 Å². The van der Waals surface area contributed by atoms with E-state index in [2.05, 4.69) is 21.7 Å². The molecule has 1 saturated carbocycles. The molecule has 6 nitrogen and oxygen atoms in total. The largest absolute Gasteiger partial charge is 0.480 e. The molecule has 2 heterocycles. The number of anilines is 1. The Balaban J connectivity index is 1.49. The molecule has 26 heavy (non-hydrogen) atoms. The number of carbonyl (C=O) groups is 2. The van der Waals surface area contributed by atoms with Gasteiger partial charge in [0.2, 0.25) is 5.91 Å². The van der Waals surface area contributed by atoms with E-state index in [1.165, 1.54) is 24.8 Å². The van der Waals surface area contributed by atoms with Gasteiger partial charge < -0.3 is 15.7 Å². The Morgan fingerprint density at radius 3 is 2.81 bits per heavy atom. The lowest BCUT2D eigenvalue weighted by Gasteiger charge is -2.25. The summed E-state index contributed by atoms with van der Waals surface area (Å²) >= 11 is 0. The second kappa shape index (κ2) is 9.01. The summed E-state index contributed by atoms with van der Waals surface area (Å²) in [6.07, 6.45) is 9.22. The van der Waals surface area contributed by atoms with Crippen molar-refractivity contribution in [1.29, 1.82) is 0 Å². The summed E-state index contributed by atoms with van der Waals surface area (Å²) in [6.45, 7) is 0.936. The summed E-state index contributed by atoms with van der Waals surface area (Å²) in [5, 5.41) is 15.4. The van der Waals surface area contributed by atoms with Gasteiger partial charge in [-0.05, 0) is 43.2 Å². The number of fused-ring (bicyclic) bond motifs is 1. The molecule has 1 aliphatic carbocycles. The maximum Gasteiger partial charge on any atom is 0.326 e. The highest BCUT2D eigenvalue weighted by molar-refractivity contribution is 5.83. The Kier molecular flexibility index (Phi) is 6.47. The number of pyridine rings is 1. The minimum atomic E-state index is -0.931. The van der Waals surface area contributed by atoms with Crippen molar-refractivity contribution in [3.63, 3.8) is 0 Å². The van der Waals surface area contributed by atoms with Gasteiger partial charge in [-0.15, -0.1) is 0 Å². The van der Waals surface area contributed by atoms with Crippen LogP contribution < -0.4 is 10.6 Å². The number of rotatable bonds is 7. The summed E-state index contributed by atoms with van der Waals surface area (Å²) in [5.74, 6) is 0.203. The highest BCUT2D eigenvalue weighted by atomic mass is 16.4. The van der Waals surface area contributed by atoms with E-state index in [1.807, 2.05) is 6.07 Å². The number of nitrogens with zero attached hydrogens (tertiary/aromatic N) is 1. The normalized spacial score (nSPS) is 18.5. The predicted octanol–water partition coefficient (Wildman–Crippen LogP) is 2.91. The molecule has 142 valence electrons. The van der Waals surface area contributed by atoms with Gasteiger partial charge in [-0.1, -0.05) is 38.2 Å². The Morgan fingerprint density at radius 2 is 2.04 bits per heavy atom. The number of hydrogen-bond donors (Lipinski definition) is 3. The third kappa shape index (κ3) is 5.19. The van der Waals surface area contributed by atoms with Crippen molar-refractivity contribution < 1.29 is 14.7 Å². The summed E-state index contributed by atoms with van der Waals surface area (Å²) in [4.78, 5) is 28.3. The molecule has 0 unspecified atom stereocenters. The minimum Gasteiger partial charge on any atom is -0.480 e. The number of carboxylic acids is 1. The molecular formula is C20H29N3O3. The van der Waals surface area contributed by atoms with Gasteiger partial charge in [0, 0.05) is 18.7 Å². The average molecular weight is 359 g/mol. The molecule has 0 saturated heterocycles. The van der Waals surface area contributed by atoms with Crippen LogP contribution in [0.1, 0.15) is 62.6 Å². The molecule has 1 aromatic heterocycles. The molecule has 0 aromatic carbocycles. The smallest absolute Gasteiger partial charge is 0.326 e. The van der Waals surface area contributed by atoms with E-state index in [1.54, 1.807) is 0 Å². The summed E-state index contributed by atoms with van der Waals surface area (Å²) in [5.41, 5.74) is 2.09. The maximum atomic E-state index is 12.2. The number of hydrogen-bond acceptors (Lipinski definition) is 4. The number of amides is 1. The standard InChI is InChI=1S/C20H29N3O3/c24-18(23-17(20(25)26)13-14-5-2-1-3-6-14)11-10-16-9-8-15-7-4-12-21-19(15)22-16/h8-9,14,17H,1-7,10-13H2,(H,21,22)(H,23,24)(H,25,26)/t17-/m0/s1. The summed E-state index contributed by atoms with van der Waals surface area (Å²) in [7, 11) is 0. The lowest BCUT2D eigenvalue weighted by Crippen LogP contribution is -2.42. The molecular weight excluding hydrogens is 330 g/mol. The molecule has 0 radical (unpaired) electrons. The third-order valence-electron chi connectivity index (χ3n) is 5.49. The van der Waals surface area contributed by atoms with Gasteiger partial charge in [-0.3, -0.25) is 4.79 Å². The monoisotopic (exact) mass is 359 g/mol. The van der Waals surface area contributed by atoms with Gasteiger partial charge in [0.15, 0.2) is 0 Å². The Labute approximate surface area is 154 Å². The zero-order valence-electron chi connectivity index (χ0n) is 15.3. The molecule has 1 aliphatic heterocycles.